The van der Waals surface area contributed by atoms with Gasteiger partial charge in [-0.1, -0.05) is 0 Å². The first kappa shape index (κ1) is 26.3. The molecule has 0 aliphatic heterocycles. The van der Waals surface area contributed by atoms with Crippen molar-refractivity contribution in [2.75, 3.05) is 0 Å². The molecular formula is H8O6Te. The molecular weight excluding hydrogens is 224 g/mol. The van der Waals surface area contributed by atoms with Crippen LogP contribution in [0.1, 0.15) is 0 Å². The summed E-state index contributed by atoms with van der Waals surface area (Å²) in [7, 11) is 0. The van der Waals surface area contributed by atoms with Crippen LogP contribution in [-0.4, -0.2) is 43.7 Å². The molecule has 0 aliphatic rings. The van der Waals surface area contributed by atoms with Crippen molar-refractivity contribution in [1.29, 1.82) is 0 Å². The summed E-state index contributed by atoms with van der Waals surface area (Å²) in [6.45, 7) is 0. The van der Waals surface area contributed by atoms with Gasteiger partial charge in [0.25, 0.3) is 0 Å². The van der Waals surface area contributed by atoms with Gasteiger partial charge < -0.3 is 16.4 Å². The van der Waals surface area contributed by atoms with E-state index in [0.29, 0.717) is 0 Å². The van der Waals surface area contributed by atoms with Gasteiger partial charge in [-0.05, 0) is 0 Å². The Bertz CT molecular complexity index is 27.2. The SMILES string of the molecule is O.O.O.O=[Te](O)O. The third-order valence-electron chi connectivity index (χ3n) is 0. The van der Waals surface area contributed by atoms with Crippen LogP contribution < -0.4 is 0 Å². The van der Waals surface area contributed by atoms with E-state index in [0.717, 1.165) is 0 Å². The summed E-state index contributed by atoms with van der Waals surface area (Å²) >= 11 is -3.61. The van der Waals surface area contributed by atoms with E-state index < -0.39 is 20.4 Å². The summed E-state index contributed by atoms with van der Waals surface area (Å²) in [5.74, 6) is 0. The average molecular weight is 232 g/mol. The second-order valence-corrected chi connectivity index (χ2v) is 1.55. The molecule has 0 fully saturated rings. The van der Waals surface area contributed by atoms with Gasteiger partial charge in [-0.15, -0.1) is 0 Å². The zero-order valence-corrected chi connectivity index (χ0v) is 5.54. The molecule has 7 heavy (non-hydrogen) atoms. The van der Waals surface area contributed by atoms with E-state index in [4.69, 9.17) is 10.0 Å². The molecule has 0 atom stereocenters. The first-order chi connectivity index (χ1) is 1.73. The van der Waals surface area contributed by atoms with Crippen LogP contribution in [0, 0.1) is 0 Å². The van der Waals surface area contributed by atoms with Crippen LogP contribution in [0.25, 0.3) is 0 Å². The van der Waals surface area contributed by atoms with Crippen LogP contribution in [0.15, 0.2) is 0 Å². The minimum absolute atomic E-state index is 0. The molecule has 0 saturated carbocycles. The monoisotopic (exact) mass is 234 g/mol. The molecule has 50 valence electrons. The van der Waals surface area contributed by atoms with E-state index in [9.17, 15) is 0 Å². The van der Waals surface area contributed by atoms with Gasteiger partial charge in [0.1, 0.15) is 0 Å². The second-order valence-electron chi connectivity index (χ2n) is 0.231. The van der Waals surface area contributed by atoms with Crippen molar-refractivity contribution >= 4 is 20.4 Å². The van der Waals surface area contributed by atoms with Gasteiger partial charge in [0.15, 0.2) is 0 Å². The standard InChI is InChI=1S/H2O3Te.3H2O/c1-4(2)3;;;/h(H2,1,2,3);3*1H2. The maximum atomic E-state index is 8.81. The Kier molecular flexibility index (Phi) is 60.6. The van der Waals surface area contributed by atoms with Gasteiger partial charge in [0, 0.05) is 0 Å². The van der Waals surface area contributed by atoms with E-state index in [-0.39, 0.29) is 16.4 Å². The number of hydrogen-bond donors (Lipinski definition) is 2. The third-order valence-corrected chi connectivity index (χ3v) is 0. The molecule has 0 unspecified atom stereocenters. The topological polar surface area (TPSA) is 152 Å². The average Bonchev–Trinajstić information content (AvgIpc) is 0.811. The van der Waals surface area contributed by atoms with E-state index in [1.165, 1.54) is 0 Å². The van der Waals surface area contributed by atoms with E-state index >= 15 is 0 Å². The summed E-state index contributed by atoms with van der Waals surface area (Å²) < 4.78 is 23.3. The van der Waals surface area contributed by atoms with E-state index in [1.54, 1.807) is 0 Å². The summed E-state index contributed by atoms with van der Waals surface area (Å²) in [6, 6.07) is 0. The zero-order chi connectivity index (χ0) is 3.58. The molecule has 0 amide bonds. The Morgan fingerprint density at radius 2 is 1.00 bits per heavy atom. The van der Waals surface area contributed by atoms with Crippen molar-refractivity contribution in [1.82, 2.24) is 0 Å². The molecule has 0 radical (unpaired) electrons. The van der Waals surface area contributed by atoms with E-state index in [2.05, 4.69) is 0 Å². The molecule has 6 nitrogen and oxygen atoms in total. The molecule has 0 rings (SSSR count). The Labute approximate surface area is 47.4 Å². The minimum atomic E-state index is -3.61. The maximum absolute atomic E-state index is 8.81. The van der Waals surface area contributed by atoms with Crippen LogP contribution in [0.2, 0.25) is 0 Å². The third kappa shape index (κ3) is 811. The van der Waals surface area contributed by atoms with Gasteiger partial charge in [0.05, 0.1) is 0 Å². The fourth-order valence-electron chi connectivity index (χ4n) is 0. The van der Waals surface area contributed by atoms with Gasteiger partial charge in [-0.2, -0.15) is 0 Å². The van der Waals surface area contributed by atoms with Gasteiger partial charge >= 0.3 is 30.4 Å². The quantitative estimate of drug-likeness (QED) is 0.408. The molecule has 0 saturated heterocycles. The molecule has 7 heteroatoms. The molecule has 0 aromatic carbocycles. The Morgan fingerprint density at radius 1 is 1.00 bits per heavy atom. The number of rotatable bonds is 0. The number of hydrogen-bond acceptors (Lipinski definition) is 1. The summed E-state index contributed by atoms with van der Waals surface area (Å²) in [6.07, 6.45) is 0. The first-order valence-corrected chi connectivity index (χ1v) is 3.57. The van der Waals surface area contributed by atoms with Crippen molar-refractivity contribution in [2.24, 2.45) is 0 Å². The van der Waals surface area contributed by atoms with Gasteiger partial charge in [-0.3, -0.25) is 0 Å². The van der Waals surface area contributed by atoms with Crippen molar-refractivity contribution in [2.45, 2.75) is 0 Å². The fraction of sp³-hybridized carbons (Fsp3) is 0. The molecule has 0 spiro atoms. The van der Waals surface area contributed by atoms with E-state index in [1.807, 2.05) is 0 Å². The molecule has 8 N–H and O–H groups in total. The summed E-state index contributed by atoms with van der Waals surface area (Å²) in [4.78, 5) is 0. The van der Waals surface area contributed by atoms with Crippen LogP contribution >= 0.6 is 0 Å². The van der Waals surface area contributed by atoms with Crippen LogP contribution in [-0.2, 0) is 3.10 Å². The Morgan fingerprint density at radius 3 is 1.00 bits per heavy atom. The summed E-state index contributed by atoms with van der Waals surface area (Å²) in [5.41, 5.74) is 0. The molecule has 0 aliphatic carbocycles. The van der Waals surface area contributed by atoms with Crippen LogP contribution in [0.5, 0.6) is 0 Å². The second kappa shape index (κ2) is 16.2. The van der Waals surface area contributed by atoms with Crippen molar-refractivity contribution in [3.63, 3.8) is 0 Å². The Hall–Kier alpha value is 0.390. The van der Waals surface area contributed by atoms with Crippen molar-refractivity contribution < 1.29 is 26.5 Å². The Balaban J connectivity index is -0.0000000150. The molecule has 0 bridgehead atoms. The normalized spacial score (nSPS) is 5.00. The summed E-state index contributed by atoms with van der Waals surface area (Å²) in [5, 5.41) is 0. The molecule has 0 aromatic heterocycles. The molecule has 0 aromatic rings. The van der Waals surface area contributed by atoms with Gasteiger partial charge in [0.2, 0.25) is 0 Å². The van der Waals surface area contributed by atoms with Gasteiger partial charge in [-0.25, -0.2) is 0 Å². The molecule has 0 heterocycles. The predicted octanol–water partition coefficient (Wildman–Crippen LogP) is -4.09. The predicted molar refractivity (Wildman–Crippen MR) is 21.7 cm³/mol. The first-order valence-electron chi connectivity index (χ1n) is 0.532. The van der Waals surface area contributed by atoms with Crippen LogP contribution in [0.3, 0.4) is 0 Å². The zero-order valence-electron chi connectivity index (χ0n) is 3.21. The van der Waals surface area contributed by atoms with Crippen molar-refractivity contribution in [3.8, 4) is 0 Å². The fourth-order valence-corrected chi connectivity index (χ4v) is 0. The van der Waals surface area contributed by atoms with Crippen LogP contribution in [0.4, 0.5) is 0 Å². The van der Waals surface area contributed by atoms with Crippen molar-refractivity contribution in [3.05, 3.63) is 0 Å².